The third kappa shape index (κ3) is 2.03. The maximum Gasteiger partial charge on any atom is 0.248 e. The molecule has 3 rings (SSSR count). The van der Waals surface area contributed by atoms with Crippen molar-refractivity contribution >= 4 is 11.8 Å². The zero-order chi connectivity index (χ0) is 14.3. The smallest absolute Gasteiger partial charge is 0.248 e. The molecule has 1 aromatic carbocycles. The van der Waals surface area contributed by atoms with Crippen LogP contribution in [0.25, 0.3) is 0 Å². The minimum Gasteiger partial charge on any atom is -0.493 e. The van der Waals surface area contributed by atoms with Gasteiger partial charge in [-0.1, -0.05) is 18.2 Å². The summed E-state index contributed by atoms with van der Waals surface area (Å²) in [5, 5.41) is 2.74. The second-order valence-electron chi connectivity index (χ2n) is 5.80. The number of ether oxygens (including phenoxy) is 1. The summed E-state index contributed by atoms with van der Waals surface area (Å²) in [5.41, 5.74) is 0.139. The lowest BCUT2D eigenvalue weighted by molar-refractivity contribution is -0.151. The molecule has 0 saturated carbocycles. The largest absolute Gasteiger partial charge is 0.493 e. The highest BCUT2D eigenvalue weighted by Crippen LogP contribution is 2.37. The number of nitrogens with zero attached hydrogens (tertiary/aromatic N) is 1. The summed E-state index contributed by atoms with van der Waals surface area (Å²) in [6, 6.07) is 7.63. The monoisotopic (exact) mass is 274 g/mol. The van der Waals surface area contributed by atoms with E-state index in [1.807, 2.05) is 24.3 Å². The highest BCUT2D eigenvalue weighted by molar-refractivity contribution is 5.97. The van der Waals surface area contributed by atoms with Gasteiger partial charge in [-0.25, -0.2) is 0 Å². The lowest BCUT2D eigenvalue weighted by Crippen LogP contribution is -2.64. The second-order valence-corrected chi connectivity index (χ2v) is 5.80. The Balaban J connectivity index is 1.97. The number of para-hydroxylation sites is 1. The van der Waals surface area contributed by atoms with E-state index in [-0.39, 0.29) is 24.4 Å². The van der Waals surface area contributed by atoms with Crippen LogP contribution in [-0.4, -0.2) is 35.4 Å². The molecule has 20 heavy (non-hydrogen) atoms. The maximum atomic E-state index is 12.6. The highest BCUT2D eigenvalue weighted by Gasteiger charge is 2.43. The Bertz CT molecular complexity index is 568. The first-order valence-electron chi connectivity index (χ1n) is 6.83. The molecule has 2 aliphatic heterocycles. The van der Waals surface area contributed by atoms with E-state index in [1.54, 1.807) is 18.7 Å². The summed E-state index contributed by atoms with van der Waals surface area (Å²) >= 11 is 0. The Morgan fingerprint density at radius 2 is 2.05 bits per heavy atom. The van der Waals surface area contributed by atoms with Crippen molar-refractivity contribution in [1.82, 2.24) is 10.2 Å². The molecule has 0 bridgehead atoms. The van der Waals surface area contributed by atoms with Gasteiger partial charge >= 0.3 is 0 Å². The van der Waals surface area contributed by atoms with Gasteiger partial charge in [0.1, 0.15) is 17.8 Å². The van der Waals surface area contributed by atoms with Crippen LogP contribution in [0.15, 0.2) is 24.3 Å². The fraction of sp³-hybridized carbons (Fsp3) is 0.467. The first-order chi connectivity index (χ1) is 9.49. The van der Waals surface area contributed by atoms with Crippen LogP contribution < -0.4 is 10.1 Å². The second kappa shape index (κ2) is 4.51. The van der Waals surface area contributed by atoms with E-state index in [0.29, 0.717) is 13.0 Å². The summed E-state index contributed by atoms with van der Waals surface area (Å²) in [4.78, 5) is 26.1. The lowest BCUT2D eigenvalue weighted by Gasteiger charge is -2.43. The van der Waals surface area contributed by atoms with Gasteiger partial charge in [0.2, 0.25) is 11.8 Å². The van der Waals surface area contributed by atoms with E-state index in [1.165, 1.54) is 0 Å². The van der Waals surface area contributed by atoms with Crippen molar-refractivity contribution in [2.24, 2.45) is 0 Å². The Labute approximate surface area is 117 Å². The van der Waals surface area contributed by atoms with Gasteiger partial charge in [0.05, 0.1) is 12.6 Å². The molecule has 106 valence electrons. The van der Waals surface area contributed by atoms with Crippen LogP contribution in [0.1, 0.15) is 31.9 Å². The number of carbonyl (C=O) groups excluding carboxylic acids is 2. The summed E-state index contributed by atoms with van der Waals surface area (Å²) in [6.45, 7) is 4.16. The predicted molar refractivity (Wildman–Crippen MR) is 73.2 cm³/mol. The zero-order valence-electron chi connectivity index (χ0n) is 11.7. The molecule has 0 spiro atoms. The molecule has 1 unspecified atom stereocenters. The number of carbonyl (C=O) groups is 2. The van der Waals surface area contributed by atoms with Gasteiger partial charge in [-0.3, -0.25) is 9.59 Å². The first-order valence-corrected chi connectivity index (χ1v) is 6.83. The van der Waals surface area contributed by atoms with E-state index in [9.17, 15) is 9.59 Å². The third-order valence-electron chi connectivity index (χ3n) is 3.86. The Morgan fingerprint density at radius 1 is 1.30 bits per heavy atom. The van der Waals surface area contributed by atoms with Gasteiger partial charge in [0.25, 0.3) is 0 Å². The maximum absolute atomic E-state index is 12.6. The Kier molecular flexibility index (Phi) is 2.92. The zero-order valence-corrected chi connectivity index (χ0v) is 11.7. The van der Waals surface area contributed by atoms with Gasteiger partial charge in [-0.2, -0.15) is 0 Å². The average molecular weight is 274 g/mol. The number of amides is 2. The van der Waals surface area contributed by atoms with Crippen LogP contribution in [0, 0.1) is 0 Å². The molecule has 1 saturated heterocycles. The van der Waals surface area contributed by atoms with Crippen LogP contribution in [0.2, 0.25) is 0 Å². The Hall–Kier alpha value is -2.04. The summed E-state index contributed by atoms with van der Waals surface area (Å²) in [6.07, 6.45) is 0.714. The SMILES string of the molecule is CC1(C)NC(=O)CN(C2CCOc3ccccc32)C1=O. The molecule has 1 fully saturated rings. The number of fused-ring (bicyclic) bond motifs is 1. The molecule has 2 heterocycles. The number of hydrogen-bond donors (Lipinski definition) is 1. The van der Waals surface area contributed by atoms with Crippen LogP contribution >= 0.6 is 0 Å². The molecule has 1 atom stereocenters. The van der Waals surface area contributed by atoms with E-state index >= 15 is 0 Å². The number of piperazine rings is 1. The van der Waals surface area contributed by atoms with Crippen LogP contribution in [0.3, 0.4) is 0 Å². The van der Waals surface area contributed by atoms with Crippen molar-refractivity contribution in [3.05, 3.63) is 29.8 Å². The Morgan fingerprint density at radius 3 is 2.85 bits per heavy atom. The normalized spacial score (nSPS) is 24.7. The molecule has 1 N–H and O–H groups in total. The minimum absolute atomic E-state index is 0.0428. The van der Waals surface area contributed by atoms with Gasteiger partial charge in [-0.05, 0) is 19.9 Å². The lowest BCUT2D eigenvalue weighted by atomic mass is 9.93. The summed E-state index contributed by atoms with van der Waals surface area (Å²) in [7, 11) is 0. The third-order valence-corrected chi connectivity index (χ3v) is 3.86. The van der Waals surface area contributed by atoms with Crippen molar-refractivity contribution in [3.63, 3.8) is 0 Å². The molecule has 1 aromatic rings. The molecule has 2 amide bonds. The predicted octanol–water partition coefficient (Wildman–Crippen LogP) is 1.25. The van der Waals surface area contributed by atoms with Crippen molar-refractivity contribution < 1.29 is 14.3 Å². The van der Waals surface area contributed by atoms with Gasteiger partial charge < -0.3 is 15.0 Å². The first kappa shape index (κ1) is 13.0. The number of benzene rings is 1. The van der Waals surface area contributed by atoms with Crippen molar-refractivity contribution in [2.45, 2.75) is 31.8 Å². The molecule has 5 nitrogen and oxygen atoms in total. The minimum atomic E-state index is -0.845. The van der Waals surface area contributed by atoms with Crippen LogP contribution in [-0.2, 0) is 9.59 Å². The molecular weight excluding hydrogens is 256 g/mol. The molecule has 5 heteroatoms. The molecule has 0 aliphatic carbocycles. The number of rotatable bonds is 1. The van der Waals surface area contributed by atoms with E-state index in [0.717, 1.165) is 11.3 Å². The average Bonchev–Trinajstić information content (AvgIpc) is 2.42. The van der Waals surface area contributed by atoms with Gasteiger partial charge in [-0.15, -0.1) is 0 Å². The van der Waals surface area contributed by atoms with Crippen LogP contribution in [0.4, 0.5) is 0 Å². The van der Waals surface area contributed by atoms with Gasteiger partial charge in [0, 0.05) is 12.0 Å². The number of hydrogen-bond acceptors (Lipinski definition) is 3. The summed E-state index contributed by atoms with van der Waals surface area (Å²) in [5.74, 6) is 0.651. The standard InChI is InChI=1S/C15H18N2O3/c1-15(2)14(19)17(9-13(18)16-15)11-7-8-20-12-6-4-3-5-10(11)12/h3-6,11H,7-9H2,1-2H3,(H,16,18). The quantitative estimate of drug-likeness (QED) is 0.838. The van der Waals surface area contributed by atoms with E-state index in [4.69, 9.17) is 4.74 Å². The van der Waals surface area contributed by atoms with E-state index in [2.05, 4.69) is 5.32 Å². The van der Waals surface area contributed by atoms with Gasteiger partial charge in [0.15, 0.2) is 0 Å². The molecule has 0 aromatic heterocycles. The fourth-order valence-electron chi connectivity index (χ4n) is 2.93. The molecular formula is C15H18N2O3. The topological polar surface area (TPSA) is 58.6 Å². The fourth-order valence-corrected chi connectivity index (χ4v) is 2.93. The van der Waals surface area contributed by atoms with Crippen molar-refractivity contribution in [1.29, 1.82) is 0 Å². The van der Waals surface area contributed by atoms with E-state index < -0.39 is 5.54 Å². The van der Waals surface area contributed by atoms with Crippen LogP contribution in [0.5, 0.6) is 5.75 Å². The van der Waals surface area contributed by atoms with Crippen molar-refractivity contribution in [2.75, 3.05) is 13.2 Å². The van der Waals surface area contributed by atoms with Crippen molar-refractivity contribution in [3.8, 4) is 5.75 Å². The summed E-state index contributed by atoms with van der Waals surface area (Å²) < 4.78 is 5.62. The number of nitrogens with one attached hydrogen (secondary N) is 1. The highest BCUT2D eigenvalue weighted by atomic mass is 16.5. The molecule has 2 aliphatic rings. The molecule has 0 radical (unpaired) electrons.